The minimum atomic E-state index is -0.263. The molecule has 1 aliphatic heterocycles. The van der Waals surface area contributed by atoms with E-state index < -0.39 is 0 Å². The Morgan fingerprint density at radius 2 is 1.90 bits per heavy atom. The summed E-state index contributed by atoms with van der Waals surface area (Å²) in [5, 5.41) is 3.61. The van der Waals surface area contributed by atoms with Crippen LogP contribution in [0.25, 0.3) is 0 Å². The first kappa shape index (κ1) is 13.6. The van der Waals surface area contributed by atoms with Gasteiger partial charge in [0.1, 0.15) is 0 Å². The molecule has 1 N–H and O–H groups in total. The Bertz CT molecular complexity index is 464. The van der Waals surface area contributed by atoms with Crippen LogP contribution in [0.4, 0.5) is 0 Å². The summed E-state index contributed by atoms with van der Waals surface area (Å²) in [5.74, 6) is 1.59. The zero-order valence-electron chi connectivity index (χ0n) is 12.1. The highest BCUT2D eigenvalue weighted by Crippen LogP contribution is 2.41. The van der Waals surface area contributed by atoms with Crippen molar-refractivity contribution in [1.82, 2.24) is 5.32 Å². The Balaban J connectivity index is 1.67. The number of benzene rings is 1. The fraction of sp³-hybridized carbons (Fsp3) is 0.588. The number of nitrogens with one attached hydrogen (secondary N) is 1. The van der Waals surface area contributed by atoms with Crippen LogP contribution >= 0.6 is 0 Å². The largest absolute Gasteiger partial charge is 0.465 e. The summed E-state index contributed by atoms with van der Waals surface area (Å²) in [6, 6.07) is 8.31. The van der Waals surface area contributed by atoms with Crippen molar-refractivity contribution in [2.75, 3.05) is 13.7 Å². The molecular formula is C17H23NO2. The molecule has 0 amide bonds. The zero-order valence-corrected chi connectivity index (χ0v) is 12.1. The highest BCUT2D eigenvalue weighted by Gasteiger charge is 2.31. The van der Waals surface area contributed by atoms with Crippen molar-refractivity contribution in [1.29, 1.82) is 0 Å². The van der Waals surface area contributed by atoms with Crippen molar-refractivity contribution in [3.05, 3.63) is 35.4 Å². The Morgan fingerprint density at radius 1 is 1.15 bits per heavy atom. The van der Waals surface area contributed by atoms with Crippen LogP contribution in [-0.4, -0.2) is 19.6 Å². The van der Waals surface area contributed by atoms with E-state index in [0.717, 1.165) is 18.4 Å². The van der Waals surface area contributed by atoms with Gasteiger partial charge in [-0.15, -0.1) is 0 Å². The predicted octanol–water partition coefficient (Wildman–Crippen LogP) is 3.31. The molecule has 0 spiro atoms. The summed E-state index contributed by atoms with van der Waals surface area (Å²) in [5.41, 5.74) is 1.92. The van der Waals surface area contributed by atoms with E-state index in [4.69, 9.17) is 4.74 Å². The van der Waals surface area contributed by atoms with Crippen LogP contribution in [0.5, 0.6) is 0 Å². The Labute approximate surface area is 120 Å². The lowest BCUT2D eigenvalue weighted by atomic mass is 9.70. The second-order valence-electron chi connectivity index (χ2n) is 6.10. The second kappa shape index (κ2) is 5.96. The van der Waals surface area contributed by atoms with Crippen LogP contribution in [0, 0.1) is 11.8 Å². The van der Waals surface area contributed by atoms with Gasteiger partial charge in [0.15, 0.2) is 0 Å². The number of hydrogen-bond donors (Lipinski definition) is 1. The van der Waals surface area contributed by atoms with Crippen LogP contribution < -0.4 is 5.32 Å². The van der Waals surface area contributed by atoms with E-state index in [-0.39, 0.29) is 5.97 Å². The molecule has 1 heterocycles. The van der Waals surface area contributed by atoms with Crippen molar-refractivity contribution in [3.8, 4) is 0 Å². The van der Waals surface area contributed by atoms with Crippen molar-refractivity contribution in [3.63, 3.8) is 0 Å². The standard InChI is InChI=1S/C17H23NO2/c1-20-17(19)14-7-5-13(6-8-14)16-11-15(9-10-18-16)12-3-2-4-12/h5-8,12,15-16,18H,2-4,9-11H2,1H3/t15?,16-/m0/s1. The van der Waals surface area contributed by atoms with Gasteiger partial charge in [0.2, 0.25) is 0 Å². The minimum Gasteiger partial charge on any atom is -0.465 e. The smallest absolute Gasteiger partial charge is 0.337 e. The summed E-state index contributed by atoms with van der Waals surface area (Å²) >= 11 is 0. The van der Waals surface area contributed by atoms with Crippen LogP contribution in [-0.2, 0) is 4.74 Å². The lowest BCUT2D eigenvalue weighted by Crippen LogP contribution is -2.36. The van der Waals surface area contributed by atoms with E-state index in [9.17, 15) is 4.79 Å². The van der Waals surface area contributed by atoms with Gasteiger partial charge in [0.05, 0.1) is 12.7 Å². The molecule has 2 aliphatic rings. The van der Waals surface area contributed by atoms with Gasteiger partial charge in [0, 0.05) is 6.04 Å². The normalized spacial score (nSPS) is 26.9. The van der Waals surface area contributed by atoms with Crippen molar-refractivity contribution >= 4 is 5.97 Å². The van der Waals surface area contributed by atoms with E-state index in [1.165, 1.54) is 44.8 Å². The van der Waals surface area contributed by atoms with Gasteiger partial charge >= 0.3 is 5.97 Å². The molecule has 3 heteroatoms. The molecule has 0 bridgehead atoms. The summed E-state index contributed by atoms with van der Waals surface area (Å²) in [6.45, 7) is 1.12. The predicted molar refractivity (Wildman–Crippen MR) is 78.6 cm³/mol. The molecule has 1 unspecified atom stereocenters. The summed E-state index contributed by atoms with van der Waals surface area (Å²) in [4.78, 5) is 11.5. The number of hydrogen-bond acceptors (Lipinski definition) is 3. The molecule has 0 aromatic heterocycles. The number of esters is 1. The summed E-state index contributed by atoms with van der Waals surface area (Å²) in [6.07, 6.45) is 6.84. The molecule has 3 nitrogen and oxygen atoms in total. The van der Waals surface area contributed by atoms with Crippen LogP contribution in [0.15, 0.2) is 24.3 Å². The second-order valence-corrected chi connectivity index (χ2v) is 6.10. The third kappa shape index (κ3) is 2.73. The average Bonchev–Trinajstić information content (AvgIpc) is 2.45. The zero-order chi connectivity index (χ0) is 13.9. The first-order chi connectivity index (χ1) is 9.78. The van der Waals surface area contributed by atoms with Gasteiger partial charge in [-0.2, -0.15) is 0 Å². The lowest BCUT2D eigenvalue weighted by molar-refractivity contribution is 0.0600. The Hall–Kier alpha value is -1.35. The molecule has 2 atom stereocenters. The summed E-state index contributed by atoms with van der Waals surface area (Å²) in [7, 11) is 1.42. The maximum atomic E-state index is 11.5. The molecule has 1 saturated heterocycles. The van der Waals surface area contributed by atoms with Gasteiger partial charge in [-0.25, -0.2) is 4.79 Å². The molecule has 108 valence electrons. The van der Waals surface area contributed by atoms with E-state index in [2.05, 4.69) is 17.4 Å². The van der Waals surface area contributed by atoms with Crippen molar-refractivity contribution in [2.24, 2.45) is 11.8 Å². The Kier molecular flexibility index (Phi) is 4.06. The molecule has 2 fully saturated rings. The molecule has 1 aromatic rings. The maximum absolute atomic E-state index is 11.5. The molecular weight excluding hydrogens is 250 g/mol. The topological polar surface area (TPSA) is 38.3 Å². The molecule has 0 radical (unpaired) electrons. The van der Waals surface area contributed by atoms with Crippen molar-refractivity contribution in [2.45, 2.75) is 38.1 Å². The van der Waals surface area contributed by atoms with Crippen molar-refractivity contribution < 1.29 is 9.53 Å². The summed E-state index contributed by atoms with van der Waals surface area (Å²) < 4.78 is 4.74. The fourth-order valence-electron chi connectivity index (χ4n) is 3.51. The van der Waals surface area contributed by atoms with Gasteiger partial charge in [0.25, 0.3) is 0 Å². The number of piperidine rings is 1. The monoisotopic (exact) mass is 273 g/mol. The first-order valence-corrected chi connectivity index (χ1v) is 7.69. The fourth-order valence-corrected chi connectivity index (χ4v) is 3.51. The van der Waals surface area contributed by atoms with Crippen LogP contribution in [0.2, 0.25) is 0 Å². The Morgan fingerprint density at radius 3 is 2.50 bits per heavy atom. The molecule has 1 aliphatic carbocycles. The first-order valence-electron chi connectivity index (χ1n) is 7.69. The molecule has 1 aromatic carbocycles. The van der Waals surface area contributed by atoms with Crippen LogP contribution in [0.1, 0.15) is 54.1 Å². The van der Waals surface area contributed by atoms with Gasteiger partial charge in [-0.1, -0.05) is 31.4 Å². The van der Waals surface area contributed by atoms with E-state index in [0.29, 0.717) is 11.6 Å². The maximum Gasteiger partial charge on any atom is 0.337 e. The third-order valence-electron chi connectivity index (χ3n) is 4.99. The lowest BCUT2D eigenvalue weighted by Gasteiger charge is -2.39. The number of methoxy groups -OCH3 is 1. The van der Waals surface area contributed by atoms with E-state index in [1.807, 2.05) is 12.1 Å². The van der Waals surface area contributed by atoms with Crippen LogP contribution in [0.3, 0.4) is 0 Å². The number of carbonyl (C=O) groups is 1. The minimum absolute atomic E-state index is 0.263. The number of rotatable bonds is 3. The third-order valence-corrected chi connectivity index (χ3v) is 4.99. The molecule has 20 heavy (non-hydrogen) atoms. The van der Waals surface area contributed by atoms with Gasteiger partial charge in [-0.3, -0.25) is 0 Å². The highest BCUT2D eigenvalue weighted by atomic mass is 16.5. The van der Waals surface area contributed by atoms with E-state index >= 15 is 0 Å². The number of ether oxygens (including phenoxy) is 1. The highest BCUT2D eigenvalue weighted by molar-refractivity contribution is 5.89. The van der Waals surface area contributed by atoms with Gasteiger partial charge in [-0.05, 0) is 48.9 Å². The van der Waals surface area contributed by atoms with E-state index in [1.54, 1.807) is 0 Å². The quantitative estimate of drug-likeness (QED) is 0.859. The number of carbonyl (C=O) groups excluding carboxylic acids is 1. The van der Waals surface area contributed by atoms with Gasteiger partial charge < -0.3 is 10.1 Å². The SMILES string of the molecule is COC(=O)c1ccc([C@@H]2CC(C3CCC3)CCN2)cc1. The molecule has 1 saturated carbocycles. The average molecular weight is 273 g/mol. The molecule has 3 rings (SSSR count).